The van der Waals surface area contributed by atoms with Crippen molar-refractivity contribution in [3.8, 4) is 0 Å². The van der Waals surface area contributed by atoms with E-state index in [1.54, 1.807) is 13.2 Å². The Balaban J connectivity index is 1.56. The number of aliphatic hydroxyl groups is 2. The molecule has 1 aliphatic carbocycles. The predicted octanol–water partition coefficient (Wildman–Crippen LogP) is 5.73. The van der Waals surface area contributed by atoms with Gasteiger partial charge in [0, 0.05) is 31.1 Å². The number of carbonyl (C=O) groups is 1. The second kappa shape index (κ2) is 13.9. The largest absolute Gasteiger partial charge is 0.459 e. The Labute approximate surface area is 274 Å². The van der Waals surface area contributed by atoms with Gasteiger partial charge in [0.05, 0.1) is 36.2 Å². The summed E-state index contributed by atoms with van der Waals surface area (Å²) in [4.78, 5) is 19.4. The molecule has 0 unspecified atom stereocenters. The van der Waals surface area contributed by atoms with E-state index in [-0.39, 0.29) is 36.2 Å². The van der Waals surface area contributed by atoms with E-state index in [1.807, 2.05) is 19.1 Å². The smallest absolute Gasteiger partial charge is 0.337 e. The highest BCUT2D eigenvalue weighted by Gasteiger charge is 2.59. The summed E-state index contributed by atoms with van der Waals surface area (Å²) in [6.07, 6.45) is 11.4. The minimum atomic E-state index is -1.80. The molecule has 5 aliphatic rings. The van der Waals surface area contributed by atoms with Crippen molar-refractivity contribution in [3.63, 3.8) is 0 Å². The molecule has 0 aromatic rings. The standard InChI is InChI=1S/C37H53NO8/c1-21(2)14-25(6)33-26(7)31(38-42-8)19-36(46-33)18-29-17-28(45-36)13-12-23(4)15-22(3)10-9-11-27-20-43-34-32(39)24(5)16-30(35(40)44-29)37(27,34)41/h9-12,14,16,21-22,24,26,28-29,32-34,39,41H,13,15,17-20H2,1-8H3/b10-9+,23-12+,25-14+,27-11+,38-31+/t22-,24-,26-,28+,29-,32+,33+,34+,36-,37+/m0/s1. The summed E-state index contributed by atoms with van der Waals surface area (Å²) in [5.41, 5.74) is 1.99. The van der Waals surface area contributed by atoms with Crippen LogP contribution in [0.15, 0.2) is 63.9 Å². The van der Waals surface area contributed by atoms with Gasteiger partial charge in [0.1, 0.15) is 24.9 Å². The van der Waals surface area contributed by atoms with Gasteiger partial charge in [0.15, 0.2) is 5.79 Å². The first-order chi connectivity index (χ1) is 21.8. The van der Waals surface area contributed by atoms with Crippen molar-refractivity contribution in [3.05, 3.63) is 58.7 Å². The number of fused-ring (bicyclic) bond motifs is 2. The van der Waals surface area contributed by atoms with Gasteiger partial charge in [0.25, 0.3) is 0 Å². The second-order valence-electron chi connectivity index (χ2n) is 14.5. The fourth-order valence-corrected chi connectivity index (χ4v) is 7.87. The van der Waals surface area contributed by atoms with Crippen molar-refractivity contribution < 1.29 is 38.8 Å². The fraction of sp³-hybridized carbons (Fsp3) is 0.676. The van der Waals surface area contributed by atoms with E-state index in [0.717, 1.165) is 17.7 Å². The molecule has 0 radical (unpaired) electrons. The number of rotatable bonds is 3. The third kappa shape index (κ3) is 6.99. The number of esters is 1. The van der Waals surface area contributed by atoms with Crippen molar-refractivity contribution in [2.24, 2.45) is 28.8 Å². The molecule has 3 saturated heterocycles. The zero-order valence-corrected chi connectivity index (χ0v) is 28.7. The van der Waals surface area contributed by atoms with E-state index >= 15 is 0 Å². The van der Waals surface area contributed by atoms with Gasteiger partial charge in [0.2, 0.25) is 0 Å². The van der Waals surface area contributed by atoms with Crippen LogP contribution < -0.4 is 0 Å². The van der Waals surface area contributed by atoms with Gasteiger partial charge in [-0.25, -0.2) is 4.79 Å². The molecule has 1 spiro atoms. The normalized spacial score (nSPS) is 44.5. The molecule has 4 aliphatic heterocycles. The van der Waals surface area contributed by atoms with E-state index in [1.165, 1.54) is 5.57 Å². The summed E-state index contributed by atoms with van der Waals surface area (Å²) in [5.74, 6) is -1.59. The number of nitrogens with zero attached hydrogens (tertiary/aromatic N) is 1. The lowest BCUT2D eigenvalue weighted by molar-refractivity contribution is -0.313. The van der Waals surface area contributed by atoms with Crippen LogP contribution >= 0.6 is 0 Å². The average molecular weight is 640 g/mol. The summed E-state index contributed by atoms with van der Waals surface area (Å²) >= 11 is 0. The fourth-order valence-electron chi connectivity index (χ4n) is 7.87. The van der Waals surface area contributed by atoms with Crippen LogP contribution in [0.25, 0.3) is 0 Å². The van der Waals surface area contributed by atoms with Crippen LogP contribution in [0.1, 0.15) is 80.6 Å². The molecule has 9 heteroatoms. The lowest BCUT2D eigenvalue weighted by Gasteiger charge is -2.50. The first kappa shape index (κ1) is 34.8. The molecule has 254 valence electrons. The molecule has 0 aromatic heterocycles. The van der Waals surface area contributed by atoms with Gasteiger partial charge in [-0.05, 0) is 49.7 Å². The number of oxime groups is 1. The maximum absolute atomic E-state index is 14.1. The molecule has 4 heterocycles. The molecule has 46 heavy (non-hydrogen) atoms. The van der Waals surface area contributed by atoms with Crippen LogP contribution in [0.2, 0.25) is 0 Å². The Bertz CT molecular complexity index is 1340. The van der Waals surface area contributed by atoms with Crippen molar-refractivity contribution in [2.75, 3.05) is 13.7 Å². The van der Waals surface area contributed by atoms with Gasteiger partial charge < -0.3 is 34.0 Å². The van der Waals surface area contributed by atoms with Gasteiger partial charge in [-0.1, -0.05) is 81.8 Å². The van der Waals surface area contributed by atoms with Crippen LogP contribution in [0, 0.1) is 23.7 Å². The topological polar surface area (TPSA) is 116 Å². The van der Waals surface area contributed by atoms with Crippen LogP contribution in [0.3, 0.4) is 0 Å². The molecule has 2 N–H and O–H groups in total. The van der Waals surface area contributed by atoms with Crippen molar-refractivity contribution in [1.82, 2.24) is 0 Å². The Morgan fingerprint density at radius 1 is 1.20 bits per heavy atom. The number of aliphatic hydroxyl groups excluding tert-OH is 1. The molecule has 0 amide bonds. The maximum atomic E-state index is 14.1. The lowest BCUT2D eigenvalue weighted by atomic mass is 9.72. The van der Waals surface area contributed by atoms with E-state index in [0.29, 0.717) is 37.2 Å². The molecular weight excluding hydrogens is 586 g/mol. The third-order valence-electron chi connectivity index (χ3n) is 10.1. The monoisotopic (exact) mass is 639 g/mol. The van der Waals surface area contributed by atoms with Crippen LogP contribution in [0.4, 0.5) is 0 Å². The first-order valence-electron chi connectivity index (χ1n) is 16.9. The maximum Gasteiger partial charge on any atom is 0.337 e. The SMILES string of the molecule is CO/N=C1\C[C@]2(C[C@@H]3C[C@@H](C/C=C(\C)C[C@@H](C)/C=C/C=C4\CO[C@@H]5[C@H](O)[C@@H](C)C=C(C(=O)O3)[C@]45O)O2)O[C@H](/C(C)=C/C(C)C)[C@H]1C. The number of hydrogen-bond acceptors (Lipinski definition) is 9. The first-order valence-corrected chi connectivity index (χ1v) is 16.9. The minimum Gasteiger partial charge on any atom is -0.459 e. The number of ether oxygens (including phenoxy) is 4. The minimum absolute atomic E-state index is 0.0353. The highest BCUT2D eigenvalue weighted by Crippen LogP contribution is 2.47. The molecule has 0 saturated carbocycles. The van der Waals surface area contributed by atoms with E-state index < -0.39 is 41.6 Å². The van der Waals surface area contributed by atoms with Gasteiger partial charge in [-0.15, -0.1) is 0 Å². The zero-order valence-electron chi connectivity index (χ0n) is 28.7. The summed E-state index contributed by atoms with van der Waals surface area (Å²) in [6.45, 7) is 14.6. The second-order valence-corrected chi connectivity index (χ2v) is 14.5. The lowest BCUT2D eigenvalue weighted by Crippen LogP contribution is -2.58. The number of hydrogen-bond donors (Lipinski definition) is 2. The molecule has 3 fully saturated rings. The van der Waals surface area contributed by atoms with Crippen LogP contribution in [-0.4, -0.2) is 77.5 Å². The molecule has 0 aromatic carbocycles. The van der Waals surface area contributed by atoms with Crippen molar-refractivity contribution in [2.45, 2.75) is 122 Å². The van der Waals surface area contributed by atoms with Gasteiger partial charge >= 0.3 is 5.97 Å². The van der Waals surface area contributed by atoms with Crippen LogP contribution in [-0.2, 0) is 28.6 Å². The molecule has 5 rings (SSSR count). The van der Waals surface area contributed by atoms with Crippen LogP contribution in [0.5, 0.6) is 0 Å². The molecular formula is C37H53NO8. The van der Waals surface area contributed by atoms with E-state index in [9.17, 15) is 15.0 Å². The van der Waals surface area contributed by atoms with Gasteiger partial charge in [-0.2, -0.15) is 0 Å². The summed E-state index contributed by atoms with van der Waals surface area (Å²) in [5, 5.41) is 27.6. The molecule has 2 bridgehead atoms. The Morgan fingerprint density at radius 2 is 1.96 bits per heavy atom. The van der Waals surface area contributed by atoms with Crippen molar-refractivity contribution >= 4 is 11.7 Å². The third-order valence-corrected chi connectivity index (χ3v) is 10.1. The Morgan fingerprint density at radius 3 is 2.67 bits per heavy atom. The number of allylic oxidation sites excluding steroid dienone is 5. The summed E-state index contributed by atoms with van der Waals surface area (Å²) in [7, 11) is 1.55. The Hall–Kier alpha value is -2.56. The summed E-state index contributed by atoms with van der Waals surface area (Å²) < 4.78 is 26.0. The highest BCUT2D eigenvalue weighted by atomic mass is 16.7. The van der Waals surface area contributed by atoms with Crippen molar-refractivity contribution in [1.29, 1.82) is 0 Å². The molecule has 9 nitrogen and oxygen atoms in total. The average Bonchev–Trinajstić information content (AvgIpc) is 3.31. The van der Waals surface area contributed by atoms with Gasteiger partial charge in [-0.3, -0.25) is 0 Å². The number of carbonyl (C=O) groups excluding carboxylic acids is 1. The summed E-state index contributed by atoms with van der Waals surface area (Å²) in [6, 6.07) is 0. The molecule has 10 atom stereocenters. The Kier molecular flexibility index (Phi) is 10.5. The zero-order chi connectivity index (χ0) is 33.4. The van der Waals surface area contributed by atoms with E-state index in [2.05, 4.69) is 64.9 Å². The highest BCUT2D eigenvalue weighted by molar-refractivity contribution is 5.93. The van der Waals surface area contributed by atoms with E-state index in [4.69, 9.17) is 23.8 Å². The predicted molar refractivity (Wildman–Crippen MR) is 176 cm³/mol. The quantitative estimate of drug-likeness (QED) is 0.229.